The average Bonchev–Trinajstić information content (AvgIpc) is 2.55. The summed E-state index contributed by atoms with van der Waals surface area (Å²) in [5.41, 5.74) is 5.27. The van der Waals surface area contributed by atoms with E-state index in [0.29, 0.717) is 11.5 Å². The quantitative estimate of drug-likeness (QED) is 0.764. The number of rotatable bonds is 3. The minimum atomic E-state index is 0.273. The van der Waals surface area contributed by atoms with E-state index >= 15 is 0 Å². The molecule has 1 aromatic rings. The highest BCUT2D eigenvalue weighted by atomic mass is 14.9. The van der Waals surface area contributed by atoms with Crippen molar-refractivity contribution < 1.29 is 0 Å². The van der Waals surface area contributed by atoms with Gasteiger partial charge in [-0.05, 0) is 60.3 Å². The van der Waals surface area contributed by atoms with E-state index in [1.165, 1.54) is 36.8 Å². The van der Waals surface area contributed by atoms with Gasteiger partial charge in [-0.15, -0.1) is 0 Å². The zero-order valence-corrected chi connectivity index (χ0v) is 14.1. The number of hydrogen-bond donors (Lipinski definition) is 1. The molecule has 1 aromatic carbocycles. The van der Waals surface area contributed by atoms with Gasteiger partial charge in [-0.3, -0.25) is 0 Å². The normalized spacial score (nSPS) is 22.2. The maximum absolute atomic E-state index is 3.55. The SMILES string of the molecule is CCC(C)(C)c1ccc2c(c1)C(NC)CC(C)(C)CC2. The van der Waals surface area contributed by atoms with Crippen LogP contribution < -0.4 is 5.32 Å². The van der Waals surface area contributed by atoms with Crippen molar-refractivity contribution in [3.8, 4) is 0 Å². The second-order valence-electron chi connectivity index (χ2n) is 7.86. The minimum absolute atomic E-state index is 0.273. The predicted octanol–water partition coefficient (Wildman–Crippen LogP) is 5.00. The van der Waals surface area contributed by atoms with E-state index in [9.17, 15) is 0 Å². The molecule has 1 heteroatoms. The third-order valence-electron chi connectivity index (χ3n) is 5.36. The van der Waals surface area contributed by atoms with E-state index in [-0.39, 0.29) is 5.41 Å². The van der Waals surface area contributed by atoms with Gasteiger partial charge in [0.1, 0.15) is 0 Å². The molecule has 0 saturated carbocycles. The second kappa shape index (κ2) is 5.52. The molecular weight excluding hydrogens is 242 g/mol. The first kappa shape index (κ1) is 15.6. The molecule has 112 valence electrons. The number of nitrogens with one attached hydrogen (secondary N) is 1. The lowest BCUT2D eigenvalue weighted by Crippen LogP contribution is -2.23. The lowest BCUT2D eigenvalue weighted by Gasteiger charge is -2.28. The van der Waals surface area contributed by atoms with Gasteiger partial charge in [-0.25, -0.2) is 0 Å². The Morgan fingerprint density at radius 2 is 2.00 bits per heavy atom. The van der Waals surface area contributed by atoms with Crippen LogP contribution in [-0.2, 0) is 11.8 Å². The van der Waals surface area contributed by atoms with Crippen molar-refractivity contribution in [2.75, 3.05) is 7.05 Å². The molecule has 0 fully saturated rings. The van der Waals surface area contributed by atoms with Crippen molar-refractivity contribution in [2.45, 2.75) is 71.8 Å². The highest BCUT2D eigenvalue weighted by molar-refractivity contribution is 5.38. The van der Waals surface area contributed by atoms with Gasteiger partial charge in [0.05, 0.1) is 0 Å². The van der Waals surface area contributed by atoms with Gasteiger partial charge in [0.2, 0.25) is 0 Å². The van der Waals surface area contributed by atoms with Gasteiger partial charge in [0, 0.05) is 6.04 Å². The summed E-state index contributed by atoms with van der Waals surface area (Å²) < 4.78 is 0. The molecule has 0 aliphatic heterocycles. The summed E-state index contributed by atoms with van der Waals surface area (Å²) in [5.74, 6) is 0. The fourth-order valence-electron chi connectivity index (χ4n) is 3.27. The Labute approximate surface area is 125 Å². The molecule has 0 bridgehead atoms. The first-order valence-electron chi connectivity index (χ1n) is 8.09. The molecule has 0 aromatic heterocycles. The fraction of sp³-hybridized carbons (Fsp3) is 0.684. The van der Waals surface area contributed by atoms with Crippen molar-refractivity contribution in [3.05, 3.63) is 34.9 Å². The van der Waals surface area contributed by atoms with E-state index in [4.69, 9.17) is 0 Å². The van der Waals surface area contributed by atoms with Crippen LogP contribution in [0.2, 0.25) is 0 Å². The largest absolute Gasteiger partial charge is 0.313 e. The van der Waals surface area contributed by atoms with Crippen molar-refractivity contribution in [1.82, 2.24) is 5.32 Å². The topological polar surface area (TPSA) is 12.0 Å². The zero-order chi connectivity index (χ0) is 15.0. The molecule has 1 nitrogen and oxygen atoms in total. The number of hydrogen-bond acceptors (Lipinski definition) is 1. The lowest BCUT2D eigenvalue weighted by molar-refractivity contribution is 0.279. The Morgan fingerprint density at radius 1 is 1.30 bits per heavy atom. The van der Waals surface area contributed by atoms with Crippen LogP contribution in [0.1, 0.15) is 76.6 Å². The van der Waals surface area contributed by atoms with Crippen molar-refractivity contribution in [2.24, 2.45) is 5.41 Å². The fourth-order valence-corrected chi connectivity index (χ4v) is 3.27. The van der Waals surface area contributed by atoms with Crippen LogP contribution in [0.3, 0.4) is 0 Å². The van der Waals surface area contributed by atoms with Gasteiger partial charge in [-0.2, -0.15) is 0 Å². The van der Waals surface area contributed by atoms with E-state index in [2.05, 4.69) is 65.2 Å². The van der Waals surface area contributed by atoms with Crippen molar-refractivity contribution in [3.63, 3.8) is 0 Å². The summed E-state index contributed by atoms with van der Waals surface area (Å²) in [5, 5.41) is 3.55. The van der Waals surface area contributed by atoms with Crippen LogP contribution in [0.5, 0.6) is 0 Å². The van der Waals surface area contributed by atoms with E-state index < -0.39 is 0 Å². The first-order valence-corrected chi connectivity index (χ1v) is 8.09. The lowest BCUT2D eigenvalue weighted by atomic mass is 9.79. The third kappa shape index (κ3) is 3.09. The first-order chi connectivity index (χ1) is 9.29. The molecule has 0 heterocycles. The van der Waals surface area contributed by atoms with Gasteiger partial charge >= 0.3 is 0 Å². The maximum Gasteiger partial charge on any atom is 0.0325 e. The minimum Gasteiger partial charge on any atom is -0.313 e. The molecule has 20 heavy (non-hydrogen) atoms. The molecule has 1 aliphatic rings. The molecular formula is C19H31N. The molecule has 1 atom stereocenters. The Balaban J connectivity index is 2.44. The highest BCUT2D eigenvalue weighted by Crippen LogP contribution is 2.40. The van der Waals surface area contributed by atoms with Crippen LogP contribution in [0.25, 0.3) is 0 Å². The number of benzene rings is 1. The zero-order valence-electron chi connectivity index (χ0n) is 14.1. The molecule has 0 saturated heterocycles. The Morgan fingerprint density at radius 3 is 2.60 bits per heavy atom. The summed E-state index contributed by atoms with van der Waals surface area (Å²) in [7, 11) is 2.10. The highest BCUT2D eigenvalue weighted by Gasteiger charge is 2.30. The number of aryl methyl sites for hydroxylation is 1. The molecule has 1 aliphatic carbocycles. The molecule has 2 rings (SSSR count). The van der Waals surface area contributed by atoms with Crippen molar-refractivity contribution in [1.29, 1.82) is 0 Å². The van der Waals surface area contributed by atoms with Crippen LogP contribution in [0, 0.1) is 5.41 Å². The molecule has 0 amide bonds. The number of fused-ring (bicyclic) bond motifs is 1. The molecule has 1 N–H and O–H groups in total. The van der Waals surface area contributed by atoms with Crippen LogP contribution >= 0.6 is 0 Å². The Bertz CT molecular complexity index is 471. The predicted molar refractivity (Wildman–Crippen MR) is 88.3 cm³/mol. The van der Waals surface area contributed by atoms with Crippen LogP contribution in [0.4, 0.5) is 0 Å². The van der Waals surface area contributed by atoms with Gasteiger partial charge in [0.15, 0.2) is 0 Å². The van der Waals surface area contributed by atoms with Gasteiger partial charge in [-0.1, -0.05) is 52.8 Å². The molecule has 0 spiro atoms. The maximum atomic E-state index is 3.55. The summed E-state index contributed by atoms with van der Waals surface area (Å²) in [4.78, 5) is 0. The second-order valence-corrected chi connectivity index (χ2v) is 7.86. The van der Waals surface area contributed by atoms with Gasteiger partial charge < -0.3 is 5.32 Å². The average molecular weight is 273 g/mol. The van der Waals surface area contributed by atoms with E-state index in [1.807, 2.05) is 0 Å². The standard InChI is InChI=1S/C19H31N/c1-7-19(4,5)15-9-8-14-10-11-18(2,3)13-17(20-6)16(14)12-15/h8-9,12,17,20H,7,10-11,13H2,1-6H3. The third-order valence-corrected chi connectivity index (χ3v) is 5.36. The van der Waals surface area contributed by atoms with Crippen molar-refractivity contribution >= 4 is 0 Å². The Hall–Kier alpha value is -0.820. The van der Waals surface area contributed by atoms with E-state index in [0.717, 1.165) is 0 Å². The summed E-state index contributed by atoms with van der Waals surface area (Å²) >= 11 is 0. The monoisotopic (exact) mass is 273 g/mol. The summed E-state index contributed by atoms with van der Waals surface area (Å²) in [6, 6.07) is 7.71. The van der Waals surface area contributed by atoms with Crippen LogP contribution in [-0.4, -0.2) is 7.05 Å². The smallest absolute Gasteiger partial charge is 0.0325 e. The Kier molecular flexibility index (Phi) is 4.30. The molecule has 1 unspecified atom stereocenters. The summed E-state index contributed by atoms with van der Waals surface area (Å²) in [6.07, 6.45) is 4.91. The molecule has 0 radical (unpaired) electrons. The van der Waals surface area contributed by atoms with Crippen LogP contribution in [0.15, 0.2) is 18.2 Å². The summed E-state index contributed by atoms with van der Waals surface area (Å²) in [6.45, 7) is 11.8. The van der Waals surface area contributed by atoms with Gasteiger partial charge in [0.25, 0.3) is 0 Å². The van der Waals surface area contributed by atoms with E-state index in [1.54, 1.807) is 5.56 Å².